The van der Waals surface area contributed by atoms with Crippen LogP contribution in [0.5, 0.6) is 0 Å². The molecule has 0 unspecified atom stereocenters. The molecule has 0 aromatic heterocycles. The summed E-state index contributed by atoms with van der Waals surface area (Å²) in [5.41, 5.74) is 0. The van der Waals surface area contributed by atoms with E-state index in [1.165, 1.54) is 0 Å². The molecule has 0 fully saturated rings. The Morgan fingerprint density at radius 2 is 1.54 bits per heavy atom. The summed E-state index contributed by atoms with van der Waals surface area (Å²) in [7, 11) is 0. The van der Waals surface area contributed by atoms with Gasteiger partial charge in [0, 0.05) is 6.42 Å². The van der Waals surface area contributed by atoms with Crippen LogP contribution in [0.25, 0.3) is 0 Å². The predicted octanol–water partition coefficient (Wildman–Crippen LogP) is 2.76. The second kappa shape index (κ2) is 8.02. The summed E-state index contributed by atoms with van der Waals surface area (Å²) in [6.07, 6.45) is 4.23. The Morgan fingerprint density at radius 3 is 1.85 bits per heavy atom. The first-order valence-corrected chi connectivity index (χ1v) is 4.65. The van der Waals surface area contributed by atoms with Crippen LogP contribution in [0.15, 0.2) is 25.3 Å². The van der Waals surface area contributed by atoms with Crippen LogP contribution in [0, 0.1) is 5.92 Å². The van der Waals surface area contributed by atoms with Crippen molar-refractivity contribution in [2.75, 3.05) is 13.2 Å². The quantitative estimate of drug-likeness (QED) is 0.426. The molecule has 0 N–H and O–H groups in total. The number of hydrogen-bond donors (Lipinski definition) is 0. The highest BCUT2D eigenvalue weighted by atomic mass is 16.7. The van der Waals surface area contributed by atoms with Gasteiger partial charge in [-0.1, -0.05) is 26.0 Å². The Bertz CT molecular complexity index is 129. The molecule has 13 heavy (non-hydrogen) atoms. The molecule has 0 radical (unpaired) electrons. The van der Waals surface area contributed by atoms with Gasteiger partial charge >= 0.3 is 0 Å². The monoisotopic (exact) mass is 184 g/mol. The summed E-state index contributed by atoms with van der Waals surface area (Å²) in [5.74, 6) is 0.569. The Balaban J connectivity index is 3.71. The van der Waals surface area contributed by atoms with Crippen molar-refractivity contribution in [2.45, 2.75) is 26.6 Å². The van der Waals surface area contributed by atoms with Gasteiger partial charge in [-0.2, -0.15) is 0 Å². The highest BCUT2D eigenvalue weighted by Crippen LogP contribution is 2.09. The number of ether oxygens (including phenoxy) is 2. The van der Waals surface area contributed by atoms with E-state index in [2.05, 4.69) is 27.0 Å². The molecule has 2 nitrogen and oxygen atoms in total. The highest BCUT2D eigenvalue weighted by molar-refractivity contribution is 4.67. The molecule has 0 aliphatic heterocycles. The molecule has 0 saturated carbocycles. The molecule has 0 saturated heterocycles. The van der Waals surface area contributed by atoms with Crippen molar-refractivity contribution in [1.82, 2.24) is 0 Å². The van der Waals surface area contributed by atoms with Crippen LogP contribution in [0.4, 0.5) is 0 Å². The lowest BCUT2D eigenvalue weighted by Gasteiger charge is -2.18. The first kappa shape index (κ1) is 12.4. The molecule has 0 bridgehead atoms. The van der Waals surface area contributed by atoms with Crippen LogP contribution in [0.2, 0.25) is 0 Å². The molecule has 2 heteroatoms. The van der Waals surface area contributed by atoms with Crippen LogP contribution in [0.3, 0.4) is 0 Å². The molecular formula is C11H20O2. The third-order valence-electron chi connectivity index (χ3n) is 1.46. The van der Waals surface area contributed by atoms with Crippen LogP contribution in [-0.4, -0.2) is 19.5 Å². The smallest absolute Gasteiger partial charge is 0.158 e. The molecule has 0 aliphatic carbocycles. The van der Waals surface area contributed by atoms with E-state index in [9.17, 15) is 0 Å². The van der Waals surface area contributed by atoms with Gasteiger partial charge in [0.25, 0.3) is 0 Å². The third kappa shape index (κ3) is 7.75. The van der Waals surface area contributed by atoms with Crippen molar-refractivity contribution in [3.8, 4) is 0 Å². The molecular weight excluding hydrogens is 164 g/mol. The van der Waals surface area contributed by atoms with E-state index in [4.69, 9.17) is 9.47 Å². The lowest BCUT2D eigenvalue weighted by molar-refractivity contribution is -0.135. The van der Waals surface area contributed by atoms with E-state index in [-0.39, 0.29) is 6.29 Å². The van der Waals surface area contributed by atoms with Crippen LogP contribution < -0.4 is 0 Å². The fourth-order valence-corrected chi connectivity index (χ4v) is 0.920. The number of hydrogen-bond acceptors (Lipinski definition) is 2. The largest absolute Gasteiger partial charge is 0.349 e. The summed E-state index contributed by atoms with van der Waals surface area (Å²) in [5, 5.41) is 0. The Kier molecular flexibility index (Phi) is 7.65. The second-order valence-electron chi connectivity index (χ2n) is 3.30. The molecule has 0 rings (SSSR count). The average Bonchev–Trinajstić information content (AvgIpc) is 2.09. The zero-order valence-corrected chi connectivity index (χ0v) is 8.66. The van der Waals surface area contributed by atoms with Gasteiger partial charge in [0.1, 0.15) is 0 Å². The van der Waals surface area contributed by atoms with Crippen LogP contribution in [0.1, 0.15) is 20.3 Å². The maximum Gasteiger partial charge on any atom is 0.158 e. The van der Waals surface area contributed by atoms with Crippen LogP contribution in [-0.2, 0) is 9.47 Å². The Morgan fingerprint density at radius 1 is 1.08 bits per heavy atom. The first-order chi connectivity index (χ1) is 6.20. The summed E-state index contributed by atoms with van der Waals surface area (Å²) in [6, 6.07) is 0. The molecule has 0 amide bonds. The van der Waals surface area contributed by atoms with Gasteiger partial charge in [0.05, 0.1) is 13.2 Å². The fourth-order valence-electron chi connectivity index (χ4n) is 0.920. The zero-order valence-electron chi connectivity index (χ0n) is 8.66. The molecule has 76 valence electrons. The highest BCUT2D eigenvalue weighted by Gasteiger charge is 2.09. The maximum atomic E-state index is 5.42. The van der Waals surface area contributed by atoms with Gasteiger partial charge in [-0.05, 0) is 5.92 Å². The van der Waals surface area contributed by atoms with Crippen molar-refractivity contribution in [3.05, 3.63) is 25.3 Å². The molecule has 0 aromatic rings. The first-order valence-electron chi connectivity index (χ1n) is 4.65. The van der Waals surface area contributed by atoms with Crippen molar-refractivity contribution >= 4 is 0 Å². The van der Waals surface area contributed by atoms with E-state index in [1.807, 2.05) is 0 Å². The SMILES string of the molecule is C=CCOC(CC(C)C)OCC=C. The van der Waals surface area contributed by atoms with Crippen molar-refractivity contribution in [2.24, 2.45) is 5.92 Å². The summed E-state index contributed by atoms with van der Waals surface area (Å²) in [4.78, 5) is 0. The fraction of sp³-hybridized carbons (Fsp3) is 0.636. The standard InChI is InChI=1S/C11H20O2/c1-5-7-12-11(9-10(3)4)13-8-6-2/h5-6,10-11H,1-2,7-9H2,3-4H3. The summed E-state index contributed by atoms with van der Waals surface area (Å²) >= 11 is 0. The molecule has 0 spiro atoms. The normalized spacial score (nSPS) is 10.8. The average molecular weight is 184 g/mol. The van der Waals surface area contributed by atoms with Gasteiger partial charge in [-0.15, -0.1) is 13.2 Å². The van der Waals surface area contributed by atoms with Gasteiger partial charge in [-0.25, -0.2) is 0 Å². The van der Waals surface area contributed by atoms with Gasteiger partial charge in [-0.3, -0.25) is 0 Å². The summed E-state index contributed by atoms with van der Waals surface area (Å²) in [6.45, 7) is 12.5. The lowest BCUT2D eigenvalue weighted by Crippen LogP contribution is -2.19. The maximum absolute atomic E-state index is 5.42. The van der Waals surface area contributed by atoms with E-state index < -0.39 is 0 Å². The minimum absolute atomic E-state index is 0.129. The Hall–Kier alpha value is -0.600. The zero-order chi connectivity index (χ0) is 10.1. The van der Waals surface area contributed by atoms with Crippen molar-refractivity contribution in [1.29, 1.82) is 0 Å². The minimum Gasteiger partial charge on any atom is -0.349 e. The summed E-state index contributed by atoms with van der Waals surface area (Å²) < 4.78 is 10.8. The third-order valence-corrected chi connectivity index (χ3v) is 1.46. The van der Waals surface area contributed by atoms with Crippen LogP contribution >= 0.6 is 0 Å². The van der Waals surface area contributed by atoms with E-state index in [0.29, 0.717) is 19.1 Å². The van der Waals surface area contributed by atoms with E-state index in [0.717, 1.165) is 6.42 Å². The van der Waals surface area contributed by atoms with E-state index in [1.54, 1.807) is 12.2 Å². The topological polar surface area (TPSA) is 18.5 Å². The number of rotatable bonds is 8. The second-order valence-corrected chi connectivity index (χ2v) is 3.30. The predicted molar refractivity (Wildman–Crippen MR) is 55.5 cm³/mol. The molecule has 0 aliphatic rings. The lowest BCUT2D eigenvalue weighted by atomic mass is 10.1. The molecule has 0 atom stereocenters. The van der Waals surface area contributed by atoms with Gasteiger partial charge in [0.15, 0.2) is 6.29 Å². The minimum atomic E-state index is -0.129. The van der Waals surface area contributed by atoms with Crippen molar-refractivity contribution < 1.29 is 9.47 Å². The van der Waals surface area contributed by atoms with Gasteiger partial charge < -0.3 is 9.47 Å². The van der Waals surface area contributed by atoms with E-state index >= 15 is 0 Å². The molecule has 0 heterocycles. The Labute approximate surface area is 81.2 Å². The molecule has 0 aromatic carbocycles. The van der Waals surface area contributed by atoms with Crippen molar-refractivity contribution in [3.63, 3.8) is 0 Å². The van der Waals surface area contributed by atoms with Gasteiger partial charge in [0.2, 0.25) is 0 Å².